The van der Waals surface area contributed by atoms with Crippen molar-refractivity contribution < 1.29 is 22.7 Å². The third kappa shape index (κ3) is 3.56. The molecule has 19 heavy (non-hydrogen) atoms. The first kappa shape index (κ1) is 14.1. The van der Waals surface area contributed by atoms with Crippen molar-refractivity contribution in [3.05, 3.63) is 35.4 Å². The lowest BCUT2D eigenvalue weighted by atomic mass is 9.95. The summed E-state index contributed by atoms with van der Waals surface area (Å²) < 4.78 is 43.0. The van der Waals surface area contributed by atoms with Crippen molar-refractivity contribution in [2.24, 2.45) is 5.92 Å². The van der Waals surface area contributed by atoms with E-state index in [1.807, 2.05) is 6.92 Å². The molecule has 1 aliphatic rings. The summed E-state index contributed by atoms with van der Waals surface area (Å²) in [5.41, 5.74) is -0.312. The summed E-state index contributed by atoms with van der Waals surface area (Å²) >= 11 is 0. The van der Waals surface area contributed by atoms with Crippen LogP contribution in [-0.4, -0.2) is 18.5 Å². The van der Waals surface area contributed by atoms with E-state index in [4.69, 9.17) is 4.74 Å². The Balaban J connectivity index is 2.05. The summed E-state index contributed by atoms with van der Waals surface area (Å²) in [6.07, 6.45) is -3.64. The second kappa shape index (κ2) is 5.33. The zero-order chi connectivity index (χ0) is 14.0. The molecule has 0 spiro atoms. The number of hydrogen-bond acceptors (Lipinski definition) is 2. The van der Waals surface area contributed by atoms with Crippen molar-refractivity contribution in [1.29, 1.82) is 0 Å². The van der Waals surface area contributed by atoms with Crippen LogP contribution in [0, 0.1) is 5.92 Å². The van der Waals surface area contributed by atoms with Crippen LogP contribution >= 0.6 is 0 Å². The lowest BCUT2D eigenvalue weighted by Crippen LogP contribution is -2.17. The molecular formula is C14H15F3O2. The Bertz CT molecular complexity index is 468. The fourth-order valence-corrected chi connectivity index (χ4v) is 2.24. The van der Waals surface area contributed by atoms with Gasteiger partial charge in [-0.3, -0.25) is 4.79 Å². The average molecular weight is 272 g/mol. The highest BCUT2D eigenvalue weighted by atomic mass is 19.4. The molecular weight excluding hydrogens is 257 g/mol. The molecule has 104 valence electrons. The van der Waals surface area contributed by atoms with Crippen molar-refractivity contribution in [3.8, 4) is 0 Å². The van der Waals surface area contributed by atoms with Crippen molar-refractivity contribution in [2.45, 2.75) is 32.0 Å². The maximum absolute atomic E-state index is 12.6. The average Bonchev–Trinajstić information content (AvgIpc) is 2.75. The Labute approximate surface area is 109 Å². The predicted molar refractivity (Wildman–Crippen MR) is 63.7 cm³/mol. The monoisotopic (exact) mass is 272 g/mol. The SMILES string of the molecule is CC1CC(C(=O)Cc2cccc(C(F)(F)F)c2)CO1. The molecule has 1 fully saturated rings. The molecule has 1 aliphatic heterocycles. The van der Waals surface area contributed by atoms with Crippen molar-refractivity contribution in [1.82, 2.24) is 0 Å². The number of hydrogen-bond donors (Lipinski definition) is 0. The topological polar surface area (TPSA) is 26.3 Å². The van der Waals surface area contributed by atoms with Crippen LogP contribution in [-0.2, 0) is 22.1 Å². The minimum atomic E-state index is -4.37. The minimum absolute atomic E-state index is 0.0324. The van der Waals surface area contributed by atoms with E-state index in [2.05, 4.69) is 0 Å². The zero-order valence-electron chi connectivity index (χ0n) is 10.5. The van der Waals surface area contributed by atoms with Gasteiger partial charge in [0, 0.05) is 12.3 Å². The molecule has 0 aliphatic carbocycles. The minimum Gasteiger partial charge on any atom is -0.378 e. The van der Waals surface area contributed by atoms with Gasteiger partial charge in [-0.05, 0) is 25.0 Å². The third-order valence-electron chi connectivity index (χ3n) is 3.29. The highest BCUT2D eigenvalue weighted by Gasteiger charge is 2.31. The Morgan fingerprint density at radius 2 is 2.16 bits per heavy atom. The molecule has 0 N–H and O–H groups in total. The summed E-state index contributed by atoms with van der Waals surface area (Å²) in [5, 5.41) is 0. The second-order valence-electron chi connectivity index (χ2n) is 4.92. The van der Waals surface area contributed by atoms with Gasteiger partial charge in [0.2, 0.25) is 0 Å². The van der Waals surface area contributed by atoms with E-state index < -0.39 is 11.7 Å². The Hall–Kier alpha value is -1.36. The first-order chi connectivity index (χ1) is 8.86. The van der Waals surface area contributed by atoms with E-state index in [1.165, 1.54) is 6.07 Å². The fourth-order valence-electron chi connectivity index (χ4n) is 2.24. The fraction of sp³-hybridized carbons (Fsp3) is 0.500. The number of Topliss-reactive ketones (excluding diaryl/α,β-unsaturated/α-hetero) is 1. The number of alkyl halides is 3. The van der Waals surface area contributed by atoms with Gasteiger partial charge >= 0.3 is 6.18 Å². The maximum atomic E-state index is 12.6. The van der Waals surface area contributed by atoms with Gasteiger partial charge in [0.25, 0.3) is 0 Å². The van der Waals surface area contributed by atoms with Gasteiger partial charge in [0.1, 0.15) is 5.78 Å². The van der Waals surface area contributed by atoms with Gasteiger partial charge in [0.15, 0.2) is 0 Å². The molecule has 0 bridgehead atoms. The van der Waals surface area contributed by atoms with Gasteiger partial charge in [-0.25, -0.2) is 0 Å². The smallest absolute Gasteiger partial charge is 0.378 e. The summed E-state index contributed by atoms with van der Waals surface area (Å²) in [6.45, 7) is 2.26. The van der Waals surface area contributed by atoms with Gasteiger partial charge in [-0.2, -0.15) is 13.2 Å². The first-order valence-corrected chi connectivity index (χ1v) is 6.16. The van der Waals surface area contributed by atoms with E-state index in [0.717, 1.165) is 12.1 Å². The second-order valence-corrected chi connectivity index (χ2v) is 4.92. The van der Waals surface area contributed by atoms with Crippen molar-refractivity contribution >= 4 is 5.78 Å². The predicted octanol–water partition coefficient (Wildman–Crippen LogP) is 3.24. The van der Waals surface area contributed by atoms with Crippen LogP contribution in [0.25, 0.3) is 0 Å². The molecule has 1 aromatic carbocycles. The van der Waals surface area contributed by atoms with E-state index in [-0.39, 0.29) is 24.2 Å². The van der Waals surface area contributed by atoms with Crippen molar-refractivity contribution in [2.75, 3.05) is 6.61 Å². The summed E-state index contributed by atoms with van der Waals surface area (Å²) in [5.74, 6) is -0.242. The highest BCUT2D eigenvalue weighted by Crippen LogP contribution is 2.30. The molecule has 0 radical (unpaired) electrons. The van der Waals surface area contributed by atoms with Gasteiger partial charge in [-0.1, -0.05) is 18.2 Å². The Kier molecular flexibility index (Phi) is 3.94. The number of carbonyl (C=O) groups excluding carboxylic acids is 1. The van der Waals surface area contributed by atoms with Crippen LogP contribution in [0.15, 0.2) is 24.3 Å². The van der Waals surface area contributed by atoms with Gasteiger partial charge < -0.3 is 4.74 Å². The van der Waals surface area contributed by atoms with E-state index in [1.54, 1.807) is 6.07 Å². The number of benzene rings is 1. The quantitative estimate of drug-likeness (QED) is 0.844. The van der Waals surface area contributed by atoms with Crippen molar-refractivity contribution in [3.63, 3.8) is 0 Å². The van der Waals surface area contributed by atoms with Gasteiger partial charge in [0.05, 0.1) is 18.3 Å². The summed E-state index contributed by atoms with van der Waals surface area (Å²) in [4.78, 5) is 12.0. The zero-order valence-corrected chi connectivity index (χ0v) is 10.5. The molecule has 2 atom stereocenters. The van der Waals surface area contributed by atoms with E-state index >= 15 is 0 Å². The molecule has 0 saturated carbocycles. The highest BCUT2D eigenvalue weighted by molar-refractivity contribution is 5.83. The lowest BCUT2D eigenvalue weighted by molar-refractivity contribution is -0.137. The first-order valence-electron chi connectivity index (χ1n) is 6.16. The van der Waals surface area contributed by atoms with Crippen LogP contribution < -0.4 is 0 Å². The number of ether oxygens (including phenoxy) is 1. The van der Waals surface area contributed by atoms with Crippen LogP contribution in [0.5, 0.6) is 0 Å². The molecule has 1 heterocycles. The Morgan fingerprint density at radius 3 is 2.74 bits per heavy atom. The molecule has 5 heteroatoms. The molecule has 0 amide bonds. The van der Waals surface area contributed by atoms with Crippen LogP contribution in [0.4, 0.5) is 13.2 Å². The molecule has 0 aromatic heterocycles. The summed E-state index contributed by atoms with van der Waals surface area (Å²) in [6, 6.07) is 4.93. The van der Waals surface area contributed by atoms with Crippen LogP contribution in [0.3, 0.4) is 0 Å². The number of halogens is 3. The molecule has 2 unspecified atom stereocenters. The van der Waals surface area contributed by atoms with E-state index in [0.29, 0.717) is 18.6 Å². The molecule has 1 aromatic rings. The molecule has 2 rings (SSSR count). The van der Waals surface area contributed by atoms with Gasteiger partial charge in [-0.15, -0.1) is 0 Å². The third-order valence-corrected chi connectivity index (χ3v) is 3.29. The van der Waals surface area contributed by atoms with E-state index in [9.17, 15) is 18.0 Å². The van der Waals surface area contributed by atoms with Crippen LogP contribution in [0.1, 0.15) is 24.5 Å². The number of carbonyl (C=O) groups is 1. The Morgan fingerprint density at radius 1 is 1.42 bits per heavy atom. The lowest BCUT2D eigenvalue weighted by Gasteiger charge is -2.10. The summed E-state index contributed by atoms with van der Waals surface area (Å²) in [7, 11) is 0. The molecule has 1 saturated heterocycles. The van der Waals surface area contributed by atoms with Crippen LogP contribution in [0.2, 0.25) is 0 Å². The largest absolute Gasteiger partial charge is 0.416 e. The maximum Gasteiger partial charge on any atom is 0.416 e. The standard InChI is InChI=1S/C14H15F3O2/c1-9-5-11(8-19-9)13(18)7-10-3-2-4-12(6-10)14(15,16)17/h2-4,6,9,11H,5,7-8H2,1H3. The molecule has 2 nitrogen and oxygen atoms in total. The number of rotatable bonds is 3. The number of ketones is 1. The normalized spacial score (nSPS) is 23.6.